The van der Waals surface area contributed by atoms with E-state index in [-0.39, 0.29) is 5.41 Å². The van der Waals surface area contributed by atoms with Gasteiger partial charge in [0.05, 0.1) is 16.7 Å². The molecule has 1 aliphatic carbocycles. The van der Waals surface area contributed by atoms with Crippen molar-refractivity contribution in [3.8, 4) is 50.3 Å². The molecule has 0 fully saturated rings. The number of hydrogen-bond donors (Lipinski definition) is 0. The molecular formula is C48H34N2. The standard InChI is InChI=1S/C48H34N2/c1-48(2)43-29-35(31-18-20-33(21-19-31)47-38-13-4-3-10-32(38)26-27-49-47)22-24-39(43)40-25-23-36(30-44(40)48)34-11-9-12-37(28-34)50-45-16-7-5-14-41(45)42-15-6-8-17-46(42)50/h3-30H,1-2H3. The summed E-state index contributed by atoms with van der Waals surface area (Å²) in [6.07, 6.45) is 1.90. The summed E-state index contributed by atoms with van der Waals surface area (Å²) in [5, 5.41) is 4.95. The molecule has 0 amide bonds. The van der Waals surface area contributed by atoms with Gasteiger partial charge in [0.2, 0.25) is 0 Å². The van der Waals surface area contributed by atoms with Crippen LogP contribution in [0.25, 0.3) is 82.9 Å². The Morgan fingerprint density at radius 3 is 1.66 bits per heavy atom. The third-order valence-corrected chi connectivity index (χ3v) is 10.9. The lowest BCUT2D eigenvalue weighted by atomic mass is 9.81. The average Bonchev–Trinajstić information content (AvgIpc) is 3.63. The summed E-state index contributed by atoms with van der Waals surface area (Å²) >= 11 is 0. The van der Waals surface area contributed by atoms with Crippen molar-refractivity contribution in [3.05, 3.63) is 181 Å². The molecule has 50 heavy (non-hydrogen) atoms. The van der Waals surface area contributed by atoms with Gasteiger partial charge in [-0.15, -0.1) is 0 Å². The lowest BCUT2D eigenvalue weighted by Gasteiger charge is -2.23. The molecule has 2 heteroatoms. The Kier molecular flexibility index (Phi) is 6.25. The number of pyridine rings is 1. The maximum absolute atomic E-state index is 4.74. The molecule has 236 valence electrons. The third kappa shape index (κ3) is 4.32. The topological polar surface area (TPSA) is 17.8 Å². The van der Waals surface area contributed by atoms with E-state index in [1.54, 1.807) is 0 Å². The van der Waals surface area contributed by atoms with E-state index in [0.29, 0.717) is 0 Å². The molecule has 0 spiro atoms. The highest BCUT2D eigenvalue weighted by atomic mass is 15.0. The Morgan fingerprint density at radius 2 is 0.980 bits per heavy atom. The molecule has 0 radical (unpaired) electrons. The Hall–Kier alpha value is -6.25. The van der Waals surface area contributed by atoms with E-state index in [0.717, 1.165) is 11.3 Å². The molecule has 0 atom stereocenters. The third-order valence-electron chi connectivity index (χ3n) is 10.9. The van der Waals surface area contributed by atoms with Crippen LogP contribution in [0.15, 0.2) is 170 Å². The van der Waals surface area contributed by atoms with Crippen molar-refractivity contribution < 1.29 is 0 Å². The monoisotopic (exact) mass is 638 g/mol. The Labute approximate surface area is 291 Å². The number of nitrogens with zero attached hydrogens (tertiary/aromatic N) is 2. The summed E-state index contributed by atoms with van der Waals surface area (Å²) in [5.41, 5.74) is 16.0. The fourth-order valence-corrected chi connectivity index (χ4v) is 8.29. The van der Waals surface area contributed by atoms with E-state index in [1.165, 1.54) is 82.8 Å². The molecule has 0 aliphatic heterocycles. The molecule has 2 nitrogen and oxygen atoms in total. The van der Waals surface area contributed by atoms with Crippen LogP contribution in [0.5, 0.6) is 0 Å². The van der Waals surface area contributed by atoms with Gasteiger partial charge < -0.3 is 4.57 Å². The second-order valence-corrected chi connectivity index (χ2v) is 14.0. The summed E-state index contributed by atoms with van der Waals surface area (Å²) in [7, 11) is 0. The number of para-hydroxylation sites is 2. The van der Waals surface area contributed by atoms with Gasteiger partial charge >= 0.3 is 0 Å². The second-order valence-electron chi connectivity index (χ2n) is 14.0. The first-order valence-electron chi connectivity index (χ1n) is 17.4. The van der Waals surface area contributed by atoms with Crippen molar-refractivity contribution in [1.29, 1.82) is 0 Å². The van der Waals surface area contributed by atoms with Gasteiger partial charge in [-0.2, -0.15) is 0 Å². The zero-order chi connectivity index (χ0) is 33.4. The first kappa shape index (κ1) is 28.7. The van der Waals surface area contributed by atoms with Gasteiger partial charge in [-0.3, -0.25) is 4.98 Å². The lowest BCUT2D eigenvalue weighted by molar-refractivity contribution is 0.661. The van der Waals surface area contributed by atoms with E-state index in [4.69, 9.17) is 4.98 Å². The van der Waals surface area contributed by atoms with Gasteiger partial charge in [0.25, 0.3) is 0 Å². The van der Waals surface area contributed by atoms with E-state index < -0.39 is 0 Å². The number of aromatic nitrogens is 2. The number of benzene rings is 7. The van der Waals surface area contributed by atoms with Crippen LogP contribution in [0.2, 0.25) is 0 Å². The zero-order valence-corrected chi connectivity index (χ0v) is 28.1. The van der Waals surface area contributed by atoms with Crippen LogP contribution < -0.4 is 0 Å². The first-order chi connectivity index (χ1) is 24.5. The minimum atomic E-state index is -0.131. The highest BCUT2D eigenvalue weighted by molar-refractivity contribution is 6.09. The summed E-state index contributed by atoms with van der Waals surface area (Å²) in [6, 6.07) is 59.9. The minimum Gasteiger partial charge on any atom is -0.309 e. The summed E-state index contributed by atoms with van der Waals surface area (Å²) in [6.45, 7) is 4.74. The number of fused-ring (bicyclic) bond motifs is 7. The van der Waals surface area contributed by atoms with E-state index in [2.05, 4.69) is 182 Å². The van der Waals surface area contributed by atoms with Crippen molar-refractivity contribution in [2.24, 2.45) is 0 Å². The smallest absolute Gasteiger partial charge is 0.0780 e. The van der Waals surface area contributed by atoms with Crippen LogP contribution in [0, 0.1) is 0 Å². The van der Waals surface area contributed by atoms with E-state index in [1.807, 2.05) is 6.20 Å². The molecule has 2 heterocycles. The van der Waals surface area contributed by atoms with Crippen LogP contribution in [0.3, 0.4) is 0 Å². The van der Waals surface area contributed by atoms with Crippen LogP contribution >= 0.6 is 0 Å². The second kappa shape index (κ2) is 10.9. The van der Waals surface area contributed by atoms with Gasteiger partial charge in [0.15, 0.2) is 0 Å². The average molecular weight is 639 g/mol. The highest BCUT2D eigenvalue weighted by Gasteiger charge is 2.36. The normalized spacial score (nSPS) is 13.2. The van der Waals surface area contributed by atoms with Gasteiger partial charge in [-0.25, -0.2) is 0 Å². The Bertz CT molecular complexity index is 2720. The van der Waals surface area contributed by atoms with Gasteiger partial charge in [0, 0.05) is 39.0 Å². The van der Waals surface area contributed by atoms with Gasteiger partial charge in [-0.05, 0) is 92.4 Å². The summed E-state index contributed by atoms with van der Waals surface area (Å²) < 4.78 is 2.40. The summed E-state index contributed by atoms with van der Waals surface area (Å²) in [4.78, 5) is 4.74. The molecule has 10 rings (SSSR count). The molecule has 1 aliphatic rings. The maximum Gasteiger partial charge on any atom is 0.0780 e. The SMILES string of the molecule is CC1(C)c2cc(-c3ccc(-c4nccc5ccccc45)cc3)ccc2-c2ccc(-c3cccc(-n4c5ccccc5c5ccccc54)c3)cc21. The molecule has 2 aromatic heterocycles. The fourth-order valence-electron chi connectivity index (χ4n) is 8.29. The van der Waals surface area contributed by atoms with Gasteiger partial charge in [-0.1, -0.05) is 135 Å². The quantitative estimate of drug-likeness (QED) is 0.188. The molecule has 7 aromatic carbocycles. The Morgan fingerprint density at radius 1 is 0.440 bits per heavy atom. The van der Waals surface area contributed by atoms with Crippen LogP contribution in [0.4, 0.5) is 0 Å². The molecule has 0 saturated heterocycles. The maximum atomic E-state index is 4.74. The van der Waals surface area contributed by atoms with Crippen molar-refractivity contribution in [3.63, 3.8) is 0 Å². The van der Waals surface area contributed by atoms with Crippen LogP contribution in [-0.4, -0.2) is 9.55 Å². The minimum absolute atomic E-state index is 0.131. The number of rotatable bonds is 4. The van der Waals surface area contributed by atoms with Crippen molar-refractivity contribution in [1.82, 2.24) is 9.55 Å². The van der Waals surface area contributed by atoms with Crippen molar-refractivity contribution in [2.75, 3.05) is 0 Å². The van der Waals surface area contributed by atoms with Crippen LogP contribution in [-0.2, 0) is 5.41 Å². The molecule has 9 aromatic rings. The highest BCUT2D eigenvalue weighted by Crippen LogP contribution is 2.51. The lowest BCUT2D eigenvalue weighted by Crippen LogP contribution is -2.15. The van der Waals surface area contributed by atoms with Crippen molar-refractivity contribution >= 4 is 32.6 Å². The summed E-state index contributed by atoms with van der Waals surface area (Å²) in [5.74, 6) is 0. The number of hydrogen-bond acceptors (Lipinski definition) is 1. The molecule has 0 saturated carbocycles. The fraction of sp³-hybridized carbons (Fsp3) is 0.0625. The van der Waals surface area contributed by atoms with Crippen LogP contribution in [0.1, 0.15) is 25.0 Å². The first-order valence-corrected chi connectivity index (χ1v) is 17.4. The molecule has 0 unspecified atom stereocenters. The Balaban J connectivity index is 1.00. The zero-order valence-electron chi connectivity index (χ0n) is 28.1. The molecule has 0 bridgehead atoms. The predicted octanol–water partition coefficient (Wildman–Crippen LogP) is 12.6. The molecule has 0 N–H and O–H groups in total. The van der Waals surface area contributed by atoms with Gasteiger partial charge in [0.1, 0.15) is 0 Å². The molecular weight excluding hydrogens is 605 g/mol. The predicted molar refractivity (Wildman–Crippen MR) is 210 cm³/mol. The largest absolute Gasteiger partial charge is 0.309 e. The van der Waals surface area contributed by atoms with Crippen molar-refractivity contribution in [2.45, 2.75) is 19.3 Å². The van der Waals surface area contributed by atoms with E-state index >= 15 is 0 Å². The van der Waals surface area contributed by atoms with E-state index in [9.17, 15) is 0 Å².